The monoisotopic (exact) mass is 296 g/mol. The summed E-state index contributed by atoms with van der Waals surface area (Å²) in [5, 5.41) is 2.89. The lowest BCUT2D eigenvalue weighted by atomic mass is 10.1. The van der Waals surface area contributed by atoms with E-state index in [1.807, 2.05) is 36.4 Å². The first-order valence-corrected chi connectivity index (χ1v) is 7.76. The van der Waals surface area contributed by atoms with Gasteiger partial charge >= 0.3 is 0 Å². The van der Waals surface area contributed by atoms with Gasteiger partial charge in [0, 0.05) is 12.0 Å². The maximum absolute atomic E-state index is 12.1. The van der Waals surface area contributed by atoms with Gasteiger partial charge in [0.25, 0.3) is 0 Å². The van der Waals surface area contributed by atoms with Crippen molar-refractivity contribution in [3.05, 3.63) is 54.1 Å². The highest BCUT2D eigenvalue weighted by Gasteiger charge is 2.22. The van der Waals surface area contributed by atoms with Crippen molar-refractivity contribution in [2.75, 3.05) is 5.32 Å². The minimum atomic E-state index is 0.0743. The third-order valence-corrected chi connectivity index (χ3v) is 3.93. The van der Waals surface area contributed by atoms with E-state index in [-0.39, 0.29) is 11.8 Å². The van der Waals surface area contributed by atoms with E-state index in [1.54, 1.807) is 12.1 Å². The van der Waals surface area contributed by atoms with Crippen LogP contribution in [0.25, 0.3) is 0 Å². The Morgan fingerprint density at radius 2 is 1.86 bits per heavy atom. The number of benzene rings is 1. The highest BCUT2D eigenvalue weighted by molar-refractivity contribution is 5.91. The number of nitrogens with zero attached hydrogens (tertiary/aromatic N) is 1. The lowest BCUT2D eigenvalue weighted by molar-refractivity contribution is -0.119. The predicted molar refractivity (Wildman–Crippen MR) is 85.6 cm³/mol. The molecule has 1 aliphatic carbocycles. The van der Waals surface area contributed by atoms with Crippen LogP contribution in [0.2, 0.25) is 0 Å². The molecule has 1 aliphatic rings. The van der Waals surface area contributed by atoms with Crippen molar-refractivity contribution in [1.82, 2.24) is 4.98 Å². The van der Waals surface area contributed by atoms with Crippen LogP contribution in [0.1, 0.15) is 31.2 Å². The summed E-state index contributed by atoms with van der Waals surface area (Å²) in [6.45, 7) is 0.466. The summed E-state index contributed by atoms with van der Waals surface area (Å²) in [5.41, 5.74) is 1.09. The van der Waals surface area contributed by atoms with Gasteiger partial charge in [-0.15, -0.1) is 0 Å². The number of hydrogen-bond donors (Lipinski definition) is 1. The minimum absolute atomic E-state index is 0.0743. The summed E-state index contributed by atoms with van der Waals surface area (Å²) in [7, 11) is 0. The van der Waals surface area contributed by atoms with Gasteiger partial charge in [0.1, 0.15) is 12.4 Å². The first-order valence-electron chi connectivity index (χ1n) is 7.76. The van der Waals surface area contributed by atoms with Crippen molar-refractivity contribution in [3.8, 4) is 5.88 Å². The van der Waals surface area contributed by atoms with Crippen LogP contribution >= 0.6 is 0 Å². The molecule has 114 valence electrons. The molecule has 0 saturated heterocycles. The number of carbonyl (C=O) groups excluding carboxylic acids is 1. The number of carbonyl (C=O) groups is 1. The average Bonchev–Trinajstić information content (AvgIpc) is 3.09. The Bertz CT molecular complexity index is 622. The van der Waals surface area contributed by atoms with Gasteiger partial charge < -0.3 is 10.1 Å². The second-order valence-electron chi connectivity index (χ2n) is 5.61. The van der Waals surface area contributed by atoms with E-state index in [9.17, 15) is 4.79 Å². The van der Waals surface area contributed by atoms with Crippen molar-refractivity contribution in [2.45, 2.75) is 32.3 Å². The summed E-state index contributed by atoms with van der Waals surface area (Å²) in [6.07, 6.45) is 4.25. The molecule has 1 aromatic heterocycles. The maximum atomic E-state index is 12.1. The molecule has 1 amide bonds. The summed E-state index contributed by atoms with van der Waals surface area (Å²) >= 11 is 0. The molecule has 0 aliphatic heterocycles. The molecular formula is C18H20N2O2. The van der Waals surface area contributed by atoms with Gasteiger partial charge in [-0.2, -0.15) is 4.98 Å². The first kappa shape index (κ1) is 14.6. The van der Waals surface area contributed by atoms with Gasteiger partial charge in [-0.25, -0.2) is 0 Å². The number of nitrogens with one attached hydrogen (secondary N) is 1. The Hall–Kier alpha value is -2.36. The summed E-state index contributed by atoms with van der Waals surface area (Å²) in [5.74, 6) is 1.29. The molecule has 1 fully saturated rings. The SMILES string of the molecule is O=C(Nc1cccc(OCc2ccccc2)n1)C1CCCC1. The number of hydrogen-bond acceptors (Lipinski definition) is 3. The van der Waals surface area contributed by atoms with Gasteiger partial charge in [-0.1, -0.05) is 49.2 Å². The molecule has 22 heavy (non-hydrogen) atoms. The molecule has 1 aromatic carbocycles. The largest absolute Gasteiger partial charge is 0.473 e. The normalized spacial score (nSPS) is 14.7. The highest BCUT2D eigenvalue weighted by atomic mass is 16.5. The first-order chi connectivity index (χ1) is 10.8. The number of aromatic nitrogens is 1. The van der Waals surface area contributed by atoms with Crippen LogP contribution in [-0.2, 0) is 11.4 Å². The zero-order valence-corrected chi connectivity index (χ0v) is 12.5. The minimum Gasteiger partial charge on any atom is -0.473 e. The Labute approximate surface area is 130 Å². The number of rotatable bonds is 5. The van der Waals surface area contributed by atoms with E-state index >= 15 is 0 Å². The zero-order valence-electron chi connectivity index (χ0n) is 12.5. The Morgan fingerprint density at radius 3 is 2.64 bits per heavy atom. The molecule has 0 spiro atoms. The van der Waals surface area contributed by atoms with E-state index in [0.29, 0.717) is 18.3 Å². The molecule has 0 radical (unpaired) electrons. The smallest absolute Gasteiger partial charge is 0.228 e. The third-order valence-electron chi connectivity index (χ3n) is 3.93. The van der Waals surface area contributed by atoms with Gasteiger partial charge in [0.05, 0.1) is 0 Å². The average molecular weight is 296 g/mol. The Balaban J connectivity index is 1.58. The molecule has 0 atom stereocenters. The molecule has 4 heteroatoms. The molecule has 1 N–H and O–H groups in total. The number of amides is 1. The second-order valence-corrected chi connectivity index (χ2v) is 5.61. The van der Waals surface area contributed by atoms with E-state index < -0.39 is 0 Å². The third kappa shape index (κ3) is 3.85. The molecule has 1 saturated carbocycles. The Morgan fingerprint density at radius 1 is 1.09 bits per heavy atom. The topological polar surface area (TPSA) is 51.2 Å². The Kier molecular flexibility index (Phi) is 4.68. The van der Waals surface area contributed by atoms with Crippen molar-refractivity contribution >= 4 is 11.7 Å². The zero-order chi connectivity index (χ0) is 15.2. The van der Waals surface area contributed by atoms with Crippen molar-refractivity contribution in [3.63, 3.8) is 0 Å². The predicted octanol–water partition coefficient (Wildman–Crippen LogP) is 3.79. The van der Waals surface area contributed by atoms with Crippen molar-refractivity contribution < 1.29 is 9.53 Å². The molecule has 3 rings (SSSR count). The summed E-state index contributed by atoms with van der Waals surface area (Å²) in [6, 6.07) is 15.4. The molecule has 1 heterocycles. The van der Waals surface area contributed by atoms with Gasteiger partial charge in [0.15, 0.2) is 0 Å². The summed E-state index contributed by atoms with van der Waals surface area (Å²) in [4.78, 5) is 16.5. The molecule has 4 nitrogen and oxygen atoms in total. The fraction of sp³-hybridized carbons (Fsp3) is 0.333. The second kappa shape index (κ2) is 7.07. The fourth-order valence-electron chi connectivity index (χ4n) is 2.71. The molecule has 0 unspecified atom stereocenters. The molecular weight excluding hydrogens is 276 g/mol. The quantitative estimate of drug-likeness (QED) is 0.913. The molecule has 0 bridgehead atoms. The van der Waals surface area contributed by atoms with E-state index in [2.05, 4.69) is 10.3 Å². The lowest BCUT2D eigenvalue weighted by Gasteiger charge is -2.11. The van der Waals surface area contributed by atoms with Crippen LogP contribution < -0.4 is 10.1 Å². The summed E-state index contributed by atoms with van der Waals surface area (Å²) < 4.78 is 5.68. The molecule has 2 aromatic rings. The van der Waals surface area contributed by atoms with Crippen LogP contribution in [-0.4, -0.2) is 10.9 Å². The van der Waals surface area contributed by atoms with Gasteiger partial charge in [0.2, 0.25) is 11.8 Å². The van der Waals surface area contributed by atoms with E-state index in [1.165, 1.54) is 0 Å². The standard InChI is InChI=1S/C18H20N2O2/c21-18(15-9-4-5-10-15)20-16-11-6-12-17(19-16)22-13-14-7-2-1-3-8-14/h1-3,6-8,11-12,15H,4-5,9-10,13H2,(H,19,20,21). The number of ether oxygens (including phenoxy) is 1. The van der Waals surface area contributed by atoms with Gasteiger partial charge in [-0.3, -0.25) is 4.79 Å². The highest BCUT2D eigenvalue weighted by Crippen LogP contribution is 2.26. The van der Waals surface area contributed by atoms with Crippen molar-refractivity contribution in [2.24, 2.45) is 5.92 Å². The van der Waals surface area contributed by atoms with Crippen LogP contribution in [0.4, 0.5) is 5.82 Å². The van der Waals surface area contributed by atoms with Gasteiger partial charge in [-0.05, 0) is 24.5 Å². The van der Waals surface area contributed by atoms with Crippen LogP contribution in [0.15, 0.2) is 48.5 Å². The van der Waals surface area contributed by atoms with E-state index in [4.69, 9.17) is 4.74 Å². The van der Waals surface area contributed by atoms with Crippen LogP contribution in [0.3, 0.4) is 0 Å². The number of pyridine rings is 1. The van der Waals surface area contributed by atoms with Crippen molar-refractivity contribution in [1.29, 1.82) is 0 Å². The number of anilines is 1. The lowest BCUT2D eigenvalue weighted by Crippen LogP contribution is -2.20. The van der Waals surface area contributed by atoms with E-state index in [0.717, 1.165) is 31.2 Å². The fourth-order valence-corrected chi connectivity index (χ4v) is 2.71. The van der Waals surface area contributed by atoms with Crippen LogP contribution in [0.5, 0.6) is 5.88 Å². The van der Waals surface area contributed by atoms with Crippen LogP contribution in [0, 0.1) is 5.92 Å². The maximum Gasteiger partial charge on any atom is 0.228 e.